The van der Waals surface area contributed by atoms with Gasteiger partial charge in [0.25, 0.3) is 0 Å². The number of pyridine rings is 1. The fraction of sp³-hybridized carbons (Fsp3) is 0.294. The number of alkyl halides is 6. The lowest BCUT2D eigenvalue weighted by molar-refractivity contribution is -0.138. The number of anilines is 1. The van der Waals surface area contributed by atoms with Crippen molar-refractivity contribution in [3.63, 3.8) is 0 Å². The molecule has 2 aromatic rings. The molecular weight excluding hydrogens is 426 g/mol. The molecule has 0 aliphatic carbocycles. The van der Waals surface area contributed by atoms with Crippen LogP contribution in [0.25, 0.3) is 0 Å². The van der Waals surface area contributed by atoms with Gasteiger partial charge >= 0.3 is 12.4 Å². The maximum Gasteiger partial charge on any atom is 0.417 e. The third kappa shape index (κ3) is 4.69. The number of hydrogen-bond donors (Lipinski definition) is 1. The number of sulfone groups is 1. The molecule has 0 atom stereocenters. The van der Waals surface area contributed by atoms with E-state index in [2.05, 4.69) is 10.3 Å². The van der Waals surface area contributed by atoms with E-state index in [1.807, 2.05) is 0 Å². The Morgan fingerprint density at radius 2 is 1.34 bits per heavy atom. The zero-order valence-corrected chi connectivity index (χ0v) is 15.7. The minimum Gasteiger partial charge on any atom is -0.309 e. The van der Waals surface area contributed by atoms with Crippen molar-refractivity contribution in [2.45, 2.75) is 35.8 Å². The van der Waals surface area contributed by atoms with Crippen LogP contribution in [-0.4, -0.2) is 24.1 Å². The minimum absolute atomic E-state index is 0.321. The second-order valence-electron chi connectivity index (χ2n) is 6.42. The van der Waals surface area contributed by atoms with E-state index in [0.717, 1.165) is 32.0 Å². The van der Waals surface area contributed by atoms with Gasteiger partial charge in [-0.05, 0) is 50.2 Å². The van der Waals surface area contributed by atoms with E-state index in [-0.39, 0.29) is 5.82 Å². The summed E-state index contributed by atoms with van der Waals surface area (Å²) in [6.45, 7) is 2.03. The smallest absolute Gasteiger partial charge is 0.309 e. The largest absolute Gasteiger partial charge is 0.417 e. The molecule has 12 heteroatoms. The van der Waals surface area contributed by atoms with Crippen molar-refractivity contribution >= 4 is 21.6 Å². The van der Waals surface area contributed by atoms with Gasteiger partial charge in [0.2, 0.25) is 5.91 Å². The van der Waals surface area contributed by atoms with Gasteiger partial charge < -0.3 is 5.32 Å². The van der Waals surface area contributed by atoms with E-state index >= 15 is 0 Å². The van der Waals surface area contributed by atoms with Gasteiger partial charge in [-0.15, -0.1) is 0 Å². The highest BCUT2D eigenvalue weighted by atomic mass is 32.2. The van der Waals surface area contributed by atoms with Crippen molar-refractivity contribution in [1.29, 1.82) is 0 Å². The molecule has 1 aromatic heterocycles. The van der Waals surface area contributed by atoms with Crippen molar-refractivity contribution in [2.24, 2.45) is 0 Å². The van der Waals surface area contributed by atoms with Crippen molar-refractivity contribution < 1.29 is 39.6 Å². The van der Waals surface area contributed by atoms with Crippen LogP contribution in [-0.2, 0) is 27.0 Å². The van der Waals surface area contributed by atoms with Crippen LogP contribution in [0.4, 0.5) is 32.2 Å². The van der Waals surface area contributed by atoms with Crippen molar-refractivity contribution in [3.8, 4) is 0 Å². The Balaban J connectivity index is 2.27. The molecule has 0 saturated carbocycles. The van der Waals surface area contributed by atoms with Crippen LogP contribution in [0, 0.1) is 0 Å². The van der Waals surface area contributed by atoms with Gasteiger partial charge in [-0.3, -0.25) is 4.79 Å². The first-order chi connectivity index (χ1) is 13.1. The summed E-state index contributed by atoms with van der Waals surface area (Å²) < 4.78 is 98.8. The minimum atomic E-state index is -4.66. The van der Waals surface area contributed by atoms with E-state index in [1.54, 1.807) is 0 Å². The summed E-state index contributed by atoms with van der Waals surface area (Å²) in [6.07, 6.45) is -8.84. The first kappa shape index (κ1) is 22.7. The Hall–Kier alpha value is -2.63. The second-order valence-corrected chi connectivity index (χ2v) is 8.92. The monoisotopic (exact) mass is 440 g/mol. The fourth-order valence-electron chi connectivity index (χ4n) is 2.14. The standard InChI is InChI=1S/C17H14F6N2O3S/c1-15(2,14(26)25-13-8-5-11(9-24-13)17(21,22)23)29(27,28)12-6-3-10(4-7-12)16(18,19)20/h3-9H,1-2H3,(H,24,25,26). The van der Waals surface area contributed by atoms with Gasteiger partial charge in [-0.2, -0.15) is 26.3 Å². The number of amides is 1. The Labute approximate surface area is 161 Å². The maximum absolute atomic E-state index is 12.7. The van der Waals surface area contributed by atoms with E-state index < -0.39 is 48.9 Å². The van der Waals surface area contributed by atoms with Gasteiger partial charge in [0, 0.05) is 6.20 Å². The van der Waals surface area contributed by atoms with E-state index in [0.29, 0.717) is 24.4 Å². The molecule has 0 fully saturated rings. The van der Waals surface area contributed by atoms with Crippen LogP contribution in [0.3, 0.4) is 0 Å². The second kappa shape index (κ2) is 7.32. The van der Waals surface area contributed by atoms with E-state index in [4.69, 9.17) is 0 Å². The molecule has 5 nitrogen and oxygen atoms in total. The molecule has 1 N–H and O–H groups in total. The summed E-state index contributed by atoms with van der Waals surface area (Å²) in [5, 5.41) is 2.10. The number of carbonyl (C=O) groups is 1. The predicted octanol–water partition coefficient (Wildman–Crippen LogP) is 4.31. The molecule has 29 heavy (non-hydrogen) atoms. The van der Waals surface area contributed by atoms with Crippen molar-refractivity contribution in [2.75, 3.05) is 5.32 Å². The third-order valence-corrected chi connectivity index (χ3v) is 6.46. The molecule has 158 valence electrons. The van der Waals surface area contributed by atoms with Gasteiger partial charge in [-0.25, -0.2) is 13.4 Å². The van der Waals surface area contributed by atoms with Gasteiger partial charge in [0.05, 0.1) is 16.0 Å². The van der Waals surface area contributed by atoms with Crippen LogP contribution in [0.15, 0.2) is 47.5 Å². The van der Waals surface area contributed by atoms with Crippen molar-refractivity contribution in [1.82, 2.24) is 4.98 Å². The van der Waals surface area contributed by atoms with Crippen LogP contribution in [0.2, 0.25) is 0 Å². The fourth-order valence-corrected chi connectivity index (χ4v) is 3.52. The highest BCUT2D eigenvalue weighted by Crippen LogP contribution is 2.33. The highest BCUT2D eigenvalue weighted by molar-refractivity contribution is 7.93. The number of hydrogen-bond acceptors (Lipinski definition) is 4. The van der Waals surface area contributed by atoms with Crippen LogP contribution in [0.1, 0.15) is 25.0 Å². The van der Waals surface area contributed by atoms with Crippen molar-refractivity contribution in [3.05, 3.63) is 53.7 Å². The SMILES string of the molecule is CC(C)(C(=O)Nc1ccc(C(F)(F)F)cn1)S(=O)(=O)c1ccc(C(F)(F)F)cc1. The molecule has 0 spiro atoms. The molecule has 1 amide bonds. The molecular formula is C17H14F6N2O3S. The number of rotatable bonds is 4. The lowest BCUT2D eigenvalue weighted by Crippen LogP contribution is -2.44. The molecule has 0 bridgehead atoms. The number of aromatic nitrogens is 1. The average Bonchev–Trinajstić information content (AvgIpc) is 2.60. The van der Waals surface area contributed by atoms with E-state index in [9.17, 15) is 39.6 Å². The molecule has 2 rings (SSSR count). The summed E-state index contributed by atoms with van der Waals surface area (Å²) in [4.78, 5) is 15.3. The molecule has 0 aliphatic rings. The number of nitrogens with zero attached hydrogens (tertiary/aromatic N) is 1. The number of nitrogens with one attached hydrogen (secondary N) is 1. The molecule has 1 heterocycles. The van der Waals surface area contributed by atoms with Gasteiger partial charge in [-0.1, -0.05) is 0 Å². The number of carbonyl (C=O) groups excluding carboxylic acids is 1. The summed E-state index contributed by atoms with van der Waals surface area (Å²) in [6, 6.07) is 4.09. The predicted molar refractivity (Wildman–Crippen MR) is 90.6 cm³/mol. The van der Waals surface area contributed by atoms with E-state index in [1.165, 1.54) is 0 Å². The average molecular weight is 440 g/mol. The third-order valence-electron chi connectivity index (χ3n) is 4.04. The molecule has 0 saturated heterocycles. The first-order valence-electron chi connectivity index (χ1n) is 7.83. The van der Waals surface area contributed by atoms with Gasteiger partial charge in [0.1, 0.15) is 10.6 Å². The Bertz CT molecular complexity index is 995. The normalized spacial score (nSPS) is 13.2. The Morgan fingerprint density at radius 1 is 0.862 bits per heavy atom. The Kier molecular flexibility index (Phi) is 5.72. The highest BCUT2D eigenvalue weighted by Gasteiger charge is 2.43. The number of benzene rings is 1. The van der Waals surface area contributed by atoms with Crippen LogP contribution >= 0.6 is 0 Å². The summed E-state index contributed by atoms with van der Waals surface area (Å²) in [7, 11) is -4.44. The zero-order valence-electron chi connectivity index (χ0n) is 14.9. The molecule has 0 radical (unpaired) electrons. The van der Waals surface area contributed by atoms with Gasteiger partial charge in [0.15, 0.2) is 9.84 Å². The topological polar surface area (TPSA) is 76.1 Å². The first-order valence-corrected chi connectivity index (χ1v) is 9.32. The summed E-state index contributed by atoms with van der Waals surface area (Å²) in [5.41, 5.74) is -2.13. The lowest BCUT2D eigenvalue weighted by Gasteiger charge is -2.24. The lowest BCUT2D eigenvalue weighted by atomic mass is 10.2. The molecule has 1 aromatic carbocycles. The summed E-state index contributed by atoms with van der Waals surface area (Å²) in [5.74, 6) is -1.44. The van der Waals surface area contributed by atoms with Crippen LogP contribution < -0.4 is 5.32 Å². The molecule has 0 aliphatic heterocycles. The number of halogens is 6. The zero-order chi connectivity index (χ0) is 22.3. The maximum atomic E-state index is 12.7. The summed E-state index contributed by atoms with van der Waals surface area (Å²) >= 11 is 0. The Morgan fingerprint density at radius 3 is 1.76 bits per heavy atom. The molecule has 0 unspecified atom stereocenters. The van der Waals surface area contributed by atoms with Crippen LogP contribution in [0.5, 0.6) is 0 Å². The quantitative estimate of drug-likeness (QED) is 0.719.